The van der Waals surface area contributed by atoms with Crippen LogP contribution in [0.25, 0.3) is 0 Å². The summed E-state index contributed by atoms with van der Waals surface area (Å²) in [6.07, 6.45) is 0.121. The van der Waals surface area contributed by atoms with Crippen molar-refractivity contribution in [1.29, 1.82) is 0 Å². The average Bonchev–Trinajstić information content (AvgIpc) is 2.76. The van der Waals surface area contributed by atoms with E-state index in [-0.39, 0.29) is 30.8 Å². The topological polar surface area (TPSA) is 66.5 Å². The molecule has 0 atom stereocenters. The highest BCUT2D eigenvalue weighted by Crippen LogP contribution is 2.23. The molecule has 0 spiro atoms. The molecular formula is C24H20N2O3. The minimum atomic E-state index is -0.428. The first-order valence-corrected chi connectivity index (χ1v) is 9.45. The summed E-state index contributed by atoms with van der Waals surface area (Å²) in [6, 6.07) is 25.8. The first-order chi connectivity index (χ1) is 14.1. The number of nitrogens with zero attached hydrogens (tertiary/aromatic N) is 1. The SMILES string of the molecule is O=C(CN1C(=O)Cc2ccccc2C1=O)NC(c1ccccc1)c1ccccc1. The second-order valence-corrected chi connectivity index (χ2v) is 6.94. The second-order valence-electron chi connectivity index (χ2n) is 6.94. The fraction of sp³-hybridized carbons (Fsp3) is 0.125. The van der Waals surface area contributed by atoms with Crippen LogP contribution in [0.5, 0.6) is 0 Å². The van der Waals surface area contributed by atoms with Crippen LogP contribution in [-0.2, 0) is 16.0 Å². The van der Waals surface area contributed by atoms with E-state index in [2.05, 4.69) is 5.32 Å². The predicted octanol–water partition coefficient (Wildman–Crippen LogP) is 3.12. The molecule has 0 aliphatic carbocycles. The minimum Gasteiger partial charge on any atom is -0.344 e. The summed E-state index contributed by atoms with van der Waals surface area (Å²) in [4.78, 5) is 39.0. The third-order valence-corrected chi connectivity index (χ3v) is 5.01. The molecule has 3 aromatic carbocycles. The van der Waals surface area contributed by atoms with Gasteiger partial charge in [-0.25, -0.2) is 0 Å². The van der Waals surface area contributed by atoms with Crippen LogP contribution in [0.4, 0.5) is 0 Å². The van der Waals surface area contributed by atoms with Gasteiger partial charge in [0.1, 0.15) is 6.54 Å². The maximum atomic E-state index is 12.8. The largest absolute Gasteiger partial charge is 0.344 e. The van der Waals surface area contributed by atoms with Gasteiger partial charge in [-0.1, -0.05) is 78.9 Å². The van der Waals surface area contributed by atoms with E-state index in [1.54, 1.807) is 24.3 Å². The van der Waals surface area contributed by atoms with Gasteiger partial charge in [-0.2, -0.15) is 0 Å². The number of nitrogens with one attached hydrogen (secondary N) is 1. The van der Waals surface area contributed by atoms with Crippen LogP contribution in [0.3, 0.4) is 0 Å². The number of amides is 3. The highest BCUT2D eigenvalue weighted by molar-refractivity contribution is 6.11. The number of carbonyl (C=O) groups is 3. The zero-order valence-electron chi connectivity index (χ0n) is 15.7. The van der Waals surface area contributed by atoms with Crippen molar-refractivity contribution in [3.63, 3.8) is 0 Å². The van der Waals surface area contributed by atoms with Gasteiger partial charge in [-0.3, -0.25) is 19.3 Å². The molecule has 5 nitrogen and oxygen atoms in total. The normalized spacial score (nSPS) is 13.3. The number of benzene rings is 3. The molecule has 0 aromatic heterocycles. The lowest BCUT2D eigenvalue weighted by molar-refractivity contribution is -0.133. The Balaban J connectivity index is 1.55. The Morgan fingerprint density at radius 1 is 0.828 bits per heavy atom. The van der Waals surface area contributed by atoms with Gasteiger partial charge in [0.25, 0.3) is 5.91 Å². The predicted molar refractivity (Wildman–Crippen MR) is 109 cm³/mol. The van der Waals surface area contributed by atoms with Crippen LogP contribution in [0.15, 0.2) is 84.9 Å². The molecule has 3 amide bonds. The Morgan fingerprint density at radius 2 is 1.38 bits per heavy atom. The van der Waals surface area contributed by atoms with Crippen molar-refractivity contribution in [3.05, 3.63) is 107 Å². The monoisotopic (exact) mass is 384 g/mol. The van der Waals surface area contributed by atoms with Crippen LogP contribution >= 0.6 is 0 Å². The smallest absolute Gasteiger partial charge is 0.261 e. The number of fused-ring (bicyclic) bond motifs is 1. The van der Waals surface area contributed by atoms with Gasteiger partial charge in [0.15, 0.2) is 0 Å². The number of hydrogen-bond acceptors (Lipinski definition) is 3. The molecule has 1 N–H and O–H groups in total. The molecule has 0 radical (unpaired) electrons. The van der Waals surface area contributed by atoms with Crippen LogP contribution < -0.4 is 5.32 Å². The highest BCUT2D eigenvalue weighted by atomic mass is 16.2. The Morgan fingerprint density at radius 3 is 2.00 bits per heavy atom. The Kier molecular flexibility index (Phi) is 5.20. The van der Waals surface area contributed by atoms with Crippen molar-refractivity contribution < 1.29 is 14.4 Å². The molecule has 1 heterocycles. The van der Waals surface area contributed by atoms with Crippen LogP contribution in [0, 0.1) is 0 Å². The maximum Gasteiger partial charge on any atom is 0.261 e. The molecule has 0 saturated carbocycles. The van der Waals surface area contributed by atoms with Gasteiger partial charge in [0, 0.05) is 5.56 Å². The summed E-state index contributed by atoms with van der Waals surface area (Å²) in [7, 11) is 0. The third kappa shape index (κ3) is 3.94. The third-order valence-electron chi connectivity index (χ3n) is 5.01. The lowest BCUT2D eigenvalue weighted by Crippen LogP contribution is -2.48. The van der Waals surface area contributed by atoms with Gasteiger partial charge in [0.2, 0.25) is 11.8 Å². The quantitative estimate of drug-likeness (QED) is 0.688. The number of rotatable bonds is 5. The Labute approximate surface area is 169 Å². The number of carbonyl (C=O) groups excluding carboxylic acids is 3. The highest BCUT2D eigenvalue weighted by Gasteiger charge is 2.32. The lowest BCUT2D eigenvalue weighted by atomic mass is 9.98. The van der Waals surface area contributed by atoms with E-state index >= 15 is 0 Å². The molecule has 1 aliphatic heterocycles. The molecule has 5 heteroatoms. The summed E-state index contributed by atoms with van der Waals surface area (Å²) in [5.74, 6) is -1.17. The summed E-state index contributed by atoms with van der Waals surface area (Å²) >= 11 is 0. The van der Waals surface area contributed by atoms with Crippen molar-refractivity contribution in [2.24, 2.45) is 0 Å². The van der Waals surface area contributed by atoms with Crippen LogP contribution in [0.1, 0.15) is 33.1 Å². The summed E-state index contributed by atoms with van der Waals surface area (Å²) in [5, 5.41) is 2.98. The maximum absolute atomic E-state index is 12.8. The fourth-order valence-corrected chi connectivity index (χ4v) is 3.56. The van der Waals surface area contributed by atoms with Gasteiger partial charge in [-0.05, 0) is 22.8 Å². The van der Waals surface area contributed by atoms with Crippen molar-refractivity contribution in [2.45, 2.75) is 12.5 Å². The number of imide groups is 1. The van der Waals surface area contributed by atoms with Gasteiger partial charge in [0.05, 0.1) is 12.5 Å². The van der Waals surface area contributed by atoms with Gasteiger partial charge < -0.3 is 5.32 Å². The van der Waals surface area contributed by atoms with E-state index in [9.17, 15) is 14.4 Å². The summed E-state index contributed by atoms with van der Waals surface area (Å²) in [6.45, 7) is -0.303. The minimum absolute atomic E-state index is 0.121. The standard InChI is InChI=1S/C24H20N2O3/c27-21(16-26-22(28)15-19-13-7-8-14-20(19)24(26)29)25-23(17-9-3-1-4-10-17)18-11-5-2-6-12-18/h1-14,23H,15-16H2,(H,25,27). The first kappa shape index (κ1) is 18.6. The van der Waals surface area contributed by atoms with Crippen LogP contribution in [-0.4, -0.2) is 29.2 Å². The van der Waals surface area contributed by atoms with Gasteiger partial charge >= 0.3 is 0 Å². The first-order valence-electron chi connectivity index (χ1n) is 9.45. The van der Waals surface area contributed by atoms with E-state index in [4.69, 9.17) is 0 Å². The fourth-order valence-electron chi connectivity index (χ4n) is 3.56. The molecule has 0 saturated heterocycles. The zero-order valence-corrected chi connectivity index (χ0v) is 15.7. The number of hydrogen-bond donors (Lipinski definition) is 1. The molecule has 29 heavy (non-hydrogen) atoms. The van der Waals surface area contributed by atoms with E-state index in [0.29, 0.717) is 11.1 Å². The van der Waals surface area contributed by atoms with E-state index in [1.807, 2.05) is 60.7 Å². The lowest BCUT2D eigenvalue weighted by Gasteiger charge is -2.27. The summed E-state index contributed by atoms with van der Waals surface area (Å²) in [5.41, 5.74) is 3.02. The molecule has 0 fully saturated rings. The Bertz CT molecular complexity index is 1010. The van der Waals surface area contributed by atoms with E-state index < -0.39 is 5.91 Å². The van der Waals surface area contributed by atoms with Crippen molar-refractivity contribution in [1.82, 2.24) is 10.2 Å². The van der Waals surface area contributed by atoms with E-state index in [1.165, 1.54) is 0 Å². The molecule has 0 unspecified atom stereocenters. The second kappa shape index (κ2) is 8.10. The molecule has 4 rings (SSSR count). The Hall–Kier alpha value is -3.73. The van der Waals surface area contributed by atoms with Gasteiger partial charge in [-0.15, -0.1) is 0 Å². The zero-order chi connectivity index (χ0) is 20.2. The molecule has 1 aliphatic rings. The molecule has 0 bridgehead atoms. The van der Waals surface area contributed by atoms with Crippen molar-refractivity contribution >= 4 is 17.7 Å². The molecule has 144 valence electrons. The van der Waals surface area contributed by atoms with Crippen LogP contribution in [0.2, 0.25) is 0 Å². The van der Waals surface area contributed by atoms with E-state index in [0.717, 1.165) is 16.0 Å². The average molecular weight is 384 g/mol. The molecule has 3 aromatic rings. The van der Waals surface area contributed by atoms with Crippen molar-refractivity contribution in [3.8, 4) is 0 Å². The molecular weight excluding hydrogens is 364 g/mol. The summed E-state index contributed by atoms with van der Waals surface area (Å²) < 4.78 is 0. The van der Waals surface area contributed by atoms with Crippen molar-refractivity contribution in [2.75, 3.05) is 6.54 Å².